The van der Waals surface area contributed by atoms with Crippen molar-refractivity contribution >= 4 is 0 Å². The summed E-state index contributed by atoms with van der Waals surface area (Å²) >= 11 is 0. The first kappa shape index (κ1) is 11.0. The van der Waals surface area contributed by atoms with Crippen LogP contribution in [-0.2, 0) is 4.74 Å². The normalized spacial score (nSPS) is 38.8. The summed E-state index contributed by atoms with van der Waals surface area (Å²) in [6, 6.07) is 0.840. The van der Waals surface area contributed by atoms with Gasteiger partial charge >= 0.3 is 0 Å². The molecule has 3 rings (SSSR count). The Labute approximate surface area is 98.5 Å². The molecule has 1 spiro atoms. The highest BCUT2D eigenvalue weighted by atomic mass is 16.5. The molecule has 0 aromatic heterocycles. The molecule has 3 aliphatic rings. The molecule has 3 nitrogen and oxygen atoms in total. The van der Waals surface area contributed by atoms with E-state index in [0.29, 0.717) is 6.10 Å². The molecule has 0 aromatic rings. The van der Waals surface area contributed by atoms with E-state index in [2.05, 4.69) is 10.2 Å². The van der Waals surface area contributed by atoms with Crippen LogP contribution in [0.25, 0.3) is 0 Å². The van der Waals surface area contributed by atoms with Crippen LogP contribution in [0.4, 0.5) is 0 Å². The lowest BCUT2D eigenvalue weighted by Gasteiger charge is -2.47. The number of rotatable bonds is 2. The molecule has 1 aliphatic carbocycles. The molecule has 2 aliphatic heterocycles. The predicted octanol–water partition coefficient (Wildman–Crippen LogP) is 0.213. The summed E-state index contributed by atoms with van der Waals surface area (Å²) < 4.78 is 5.37. The van der Waals surface area contributed by atoms with E-state index < -0.39 is 0 Å². The molecule has 0 amide bonds. The highest BCUT2D eigenvalue weighted by Crippen LogP contribution is 2.38. The van der Waals surface area contributed by atoms with Crippen molar-refractivity contribution in [1.82, 2.24) is 4.90 Å². The topological polar surface area (TPSA) is 29.1 Å². The standard InChI is InChI=1S/C13H24N2O/c1-16-12-8-11(9-12)15-6-3-13(4-7-15)2-5-14-10-13/h11-12,14H,2-10H2,1H3/p+1. The molecule has 1 saturated carbocycles. The zero-order chi connectivity index (χ0) is 11.0. The van der Waals surface area contributed by atoms with Crippen LogP contribution in [0.5, 0.6) is 0 Å². The van der Waals surface area contributed by atoms with Crippen molar-refractivity contribution in [2.24, 2.45) is 5.41 Å². The Kier molecular flexibility index (Phi) is 2.94. The summed E-state index contributed by atoms with van der Waals surface area (Å²) in [5.74, 6) is 0. The van der Waals surface area contributed by atoms with Crippen molar-refractivity contribution in [3.05, 3.63) is 0 Å². The molecule has 2 heterocycles. The van der Waals surface area contributed by atoms with E-state index in [1.807, 2.05) is 7.11 Å². The second kappa shape index (κ2) is 4.28. The molecule has 16 heavy (non-hydrogen) atoms. The van der Waals surface area contributed by atoms with Gasteiger partial charge in [-0.05, 0) is 38.8 Å². The smallest absolute Gasteiger partial charge is 0.0815 e. The molecule has 2 N–H and O–H groups in total. The Balaban J connectivity index is 1.48. The van der Waals surface area contributed by atoms with Gasteiger partial charge in [-0.15, -0.1) is 0 Å². The minimum atomic E-state index is 0.556. The average Bonchev–Trinajstić information content (AvgIpc) is 2.68. The van der Waals surface area contributed by atoms with Gasteiger partial charge in [-0.3, -0.25) is 0 Å². The molecule has 3 heteroatoms. The highest BCUT2D eigenvalue weighted by Gasteiger charge is 2.43. The summed E-state index contributed by atoms with van der Waals surface area (Å²) in [4.78, 5) is 2.72. The van der Waals surface area contributed by atoms with Crippen LogP contribution in [0.15, 0.2) is 0 Å². The molecule has 0 unspecified atom stereocenters. The first-order valence-corrected chi connectivity index (χ1v) is 6.90. The largest absolute Gasteiger partial charge is 0.381 e. The van der Waals surface area contributed by atoms with Gasteiger partial charge < -0.3 is 15.0 Å². The molecule has 0 aromatic carbocycles. The Morgan fingerprint density at radius 3 is 2.50 bits per heavy atom. The summed E-state index contributed by atoms with van der Waals surface area (Å²) in [7, 11) is 1.85. The third-order valence-corrected chi connectivity index (χ3v) is 5.23. The van der Waals surface area contributed by atoms with Crippen LogP contribution in [-0.4, -0.2) is 50.3 Å². The lowest BCUT2D eigenvalue weighted by Crippen LogP contribution is -2.82. The van der Waals surface area contributed by atoms with Crippen LogP contribution in [0.3, 0.4) is 0 Å². The van der Waals surface area contributed by atoms with Gasteiger partial charge in [0.1, 0.15) is 0 Å². The Morgan fingerprint density at radius 1 is 1.19 bits per heavy atom. The van der Waals surface area contributed by atoms with Gasteiger partial charge in [0.15, 0.2) is 0 Å². The third kappa shape index (κ3) is 1.89. The van der Waals surface area contributed by atoms with Gasteiger partial charge in [0.05, 0.1) is 19.2 Å². The fraction of sp³-hybridized carbons (Fsp3) is 1.00. The van der Waals surface area contributed by atoms with Crippen LogP contribution < -0.4 is 5.32 Å². The number of hydrogen-bond donors (Lipinski definition) is 1. The van der Waals surface area contributed by atoms with Gasteiger partial charge in [-0.1, -0.05) is 0 Å². The van der Waals surface area contributed by atoms with E-state index in [1.54, 1.807) is 0 Å². The molecule has 0 atom stereocenters. The molecular weight excluding hydrogens is 200 g/mol. The van der Waals surface area contributed by atoms with E-state index in [0.717, 1.165) is 11.5 Å². The van der Waals surface area contributed by atoms with Crippen LogP contribution in [0, 0.1) is 5.41 Å². The fourth-order valence-corrected chi connectivity index (χ4v) is 3.76. The minimum Gasteiger partial charge on any atom is -0.381 e. The Bertz CT molecular complexity index is 234. The Hall–Kier alpha value is -0.120. The number of hydrogen-bond acceptors (Lipinski definition) is 2. The van der Waals surface area contributed by atoms with Crippen molar-refractivity contribution in [1.29, 1.82) is 0 Å². The van der Waals surface area contributed by atoms with E-state index in [-0.39, 0.29) is 0 Å². The SMILES string of the molecule is COC1CC(N2CCC3(CC[NH2+]C3)CC2)C1. The summed E-state index contributed by atoms with van der Waals surface area (Å²) in [5.41, 5.74) is 0.723. The molecule has 2 saturated heterocycles. The number of methoxy groups -OCH3 is 1. The first-order chi connectivity index (χ1) is 7.81. The Morgan fingerprint density at radius 2 is 1.94 bits per heavy atom. The molecular formula is C13H25N2O+. The zero-order valence-corrected chi connectivity index (χ0v) is 10.5. The molecule has 0 bridgehead atoms. The quantitative estimate of drug-likeness (QED) is 0.728. The second-order valence-electron chi connectivity index (χ2n) is 6.05. The monoisotopic (exact) mass is 225 g/mol. The molecule has 3 fully saturated rings. The molecule has 0 radical (unpaired) electrons. The maximum Gasteiger partial charge on any atom is 0.0815 e. The van der Waals surface area contributed by atoms with Gasteiger partial charge in [0.2, 0.25) is 0 Å². The summed E-state index contributed by atoms with van der Waals surface area (Å²) in [6.07, 6.45) is 7.45. The number of nitrogens with zero attached hydrogens (tertiary/aromatic N) is 1. The zero-order valence-electron chi connectivity index (χ0n) is 10.5. The lowest BCUT2D eigenvalue weighted by molar-refractivity contribution is -0.641. The van der Waals surface area contributed by atoms with E-state index in [1.165, 1.54) is 58.3 Å². The van der Waals surface area contributed by atoms with Crippen molar-refractivity contribution in [3.8, 4) is 0 Å². The predicted molar refractivity (Wildman–Crippen MR) is 63.3 cm³/mol. The third-order valence-electron chi connectivity index (χ3n) is 5.23. The number of piperidine rings is 1. The number of likely N-dealkylation sites (tertiary alicyclic amines) is 1. The fourth-order valence-electron chi connectivity index (χ4n) is 3.76. The van der Waals surface area contributed by atoms with Crippen LogP contribution >= 0.6 is 0 Å². The van der Waals surface area contributed by atoms with Crippen molar-refractivity contribution in [2.75, 3.05) is 33.3 Å². The molecule has 92 valence electrons. The second-order valence-corrected chi connectivity index (χ2v) is 6.05. The summed E-state index contributed by atoms with van der Waals surface area (Å²) in [6.45, 7) is 5.45. The van der Waals surface area contributed by atoms with Gasteiger partial charge in [-0.2, -0.15) is 0 Å². The van der Waals surface area contributed by atoms with Crippen molar-refractivity contribution in [2.45, 2.75) is 44.2 Å². The average molecular weight is 225 g/mol. The van der Waals surface area contributed by atoms with Gasteiger partial charge in [0.25, 0.3) is 0 Å². The number of nitrogens with two attached hydrogens (primary N) is 1. The highest BCUT2D eigenvalue weighted by molar-refractivity contribution is 4.93. The van der Waals surface area contributed by atoms with Crippen molar-refractivity contribution in [3.63, 3.8) is 0 Å². The van der Waals surface area contributed by atoms with Crippen LogP contribution in [0.2, 0.25) is 0 Å². The maximum absolute atomic E-state index is 5.37. The van der Waals surface area contributed by atoms with Gasteiger partial charge in [-0.25, -0.2) is 0 Å². The maximum atomic E-state index is 5.37. The number of quaternary nitrogens is 1. The summed E-state index contributed by atoms with van der Waals surface area (Å²) in [5, 5.41) is 2.51. The van der Waals surface area contributed by atoms with E-state index >= 15 is 0 Å². The van der Waals surface area contributed by atoms with E-state index in [9.17, 15) is 0 Å². The van der Waals surface area contributed by atoms with Crippen molar-refractivity contribution < 1.29 is 10.1 Å². The van der Waals surface area contributed by atoms with E-state index in [4.69, 9.17) is 4.74 Å². The van der Waals surface area contributed by atoms with Gasteiger partial charge in [0, 0.05) is 25.0 Å². The van der Waals surface area contributed by atoms with Crippen LogP contribution in [0.1, 0.15) is 32.1 Å². The number of ether oxygens (including phenoxy) is 1. The minimum absolute atomic E-state index is 0.556. The first-order valence-electron chi connectivity index (χ1n) is 6.90. The lowest BCUT2D eigenvalue weighted by atomic mass is 9.76.